The standard InChI is InChI=1S/C20H14F3NO3/c21-20(22,23)18-9-7-15(11-24-18)14-6-8-16(19(25)26)17(10-14)27-12-13-4-2-1-3-5-13/h1-11H,12H2,(H,25,26). The van der Waals surface area contributed by atoms with Crippen LogP contribution in [0.5, 0.6) is 5.75 Å². The van der Waals surface area contributed by atoms with E-state index in [2.05, 4.69) is 4.98 Å². The molecule has 0 unspecified atom stereocenters. The number of nitrogens with zero attached hydrogens (tertiary/aromatic N) is 1. The van der Waals surface area contributed by atoms with Gasteiger partial charge in [-0.15, -0.1) is 0 Å². The molecule has 1 heterocycles. The third kappa shape index (κ3) is 4.44. The monoisotopic (exact) mass is 373 g/mol. The van der Waals surface area contributed by atoms with Crippen molar-refractivity contribution >= 4 is 5.97 Å². The Labute approximate surface area is 152 Å². The minimum Gasteiger partial charge on any atom is -0.488 e. The van der Waals surface area contributed by atoms with Gasteiger partial charge in [-0.1, -0.05) is 42.5 Å². The summed E-state index contributed by atoms with van der Waals surface area (Å²) in [6.07, 6.45) is -3.42. The first-order valence-electron chi connectivity index (χ1n) is 7.92. The summed E-state index contributed by atoms with van der Waals surface area (Å²) in [5.74, 6) is -1.03. The molecule has 0 aliphatic heterocycles. The van der Waals surface area contributed by atoms with Gasteiger partial charge in [-0.25, -0.2) is 4.79 Å². The number of carboxylic acids is 1. The predicted octanol–water partition coefficient (Wildman–Crippen LogP) is 5.04. The zero-order valence-corrected chi connectivity index (χ0v) is 13.9. The second-order valence-electron chi connectivity index (χ2n) is 5.72. The van der Waals surface area contributed by atoms with Gasteiger partial charge in [-0.3, -0.25) is 4.98 Å². The molecule has 0 saturated heterocycles. The molecule has 3 rings (SSSR count). The predicted molar refractivity (Wildman–Crippen MR) is 92.4 cm³/mol. The number of hydrogen-bond acceptors (Lipinski definition) is 3. The van der Waals surface area contributed by atoms with E-state index in [0.717, 1.165) is 17.8 Å². The zero-order valence-electron chi connectivity index (χ0n) is 13.9. The molecule has 0 atom stereocenters. The molecule has 0 aliphatic carbocycles. The van der Waals surface area contributed by atoms with E-state index < -0.39 is 17.8 Å². The second kappa shape index (κ2) is 7.49. The van der Waals surface area contributed by atoms with Gasteiger partial charge in [0.15, 0.2) is 0 Å². The highest BCUT2D eigenvalue weighted by Crippen LogP contribution is 2.31. The van der Waals surface area contributed by atoms with E-state index in [1.165, 1.54) is 24.3 Å². The van der Waals surface area contributed by atoms with Crippen molar-refractivity contribution < 1.29 is 27.8 Å². The quantitative estimate of drug-likeness (QED) is 0.680. The maximum Gasteiger partial charge on any atom is 0.433 e. The molecule has 3 aromatic rings. The molecule has 27 heavy (non-hydrogen) atoms. The van der Waals surface area contributed by atoms with Crippen molar-refractivity contribution in [2.75, 3.05) is 0 Å². The van der Waals surface area contributed by atoms with Gasteiger partial charge < -0.3 is 9.84 Å². The summed E-state index contributed by atoms with van der Waals surface area (Å²) >= 11 is 0. The van der Waals surface area contributed by atoms with E-state index in [1.54, 1.807) is 0 Å². The summed E-state index contributed by atoms with van der Waals surface area (Å²) in [5.41, 5.74) is 0.757. The molecule has 7 heteroatoms. The number of benzene rings is 2. The van der Waals surface area contributed by atoms with E-state index in [1.807, 2.05) is 30.3 Å². The Bertz CT molecular complexity index is 939. The lowest BCUT2D eigenvalue weighted by Crippen LogP contribution is -2.07. The number of alkyl halides is 3. The molecule has 0 amide bonds. The molecule has 4 nitrogen and oxygen atoms in total. The van der Waals surface area contributed by atoms with Gasteiger partial charge >= 0.3 is 12.1 Å². The van der Waals surface area contributed by atoms with Crippen molar-refractivity contribution in [1.29, 1.82) is 0 Å². The molecule has 0 radical (unpaired) electrons. The summed E-state index contributed by atoms with van der Waals surface area (Å²) in [6, 6.07) is 15.7. The van der Waals surface area contributed by atoms with Crippen LogP contribution in [0.4, 0.5) is 13.2 Å². The van der Waals surface area contributed by atoms with Crippen LogP contribution < -0.4 is 4.74 Å². The molecule has 0 aliphatic rings. The molecule has 0 fully saturated rings. The molecule has 1 N–H and O–H groups in total. The van der Waals surface area contributed by atoms with E-state index >= 15 is 0 Å². The van der Waals surface area contributed by atoms with Gasteiger partial charge in [0.2, 0.25) is 0 Å². The van der Waals surface area contributed by atoms with Gasteiger partial charge in [-0.05, 0) is 29.3 Å². The minimum atomic E-state index is -4.52. The Morgan fingerprint density at radius 1 is 1.00 bits per heavy atom. The minimum absolute atomic E-state index is 0.0328. The van der Waals surface area contributed by atoms with Crippen LogP contribution in [0.2, 0.25) is 0 Å². The van der Waals surface area contributed by atoms with Crippen LogP contribution in [-0.4, -0.2) is 16.1 Å². The number of carboxylic acid groups (broad SMARTS) is 1. The first-order chi connectivity index (χ1) is 12.8. The zero-order chi connectivity index (χ0) is 19.4. The molecule has 0 bridgehead atoms. The second-order valence-corrected chi connectivity index (χ2v) is 5.72. The van der Waals surface area contributed by atoms with Crippen LogP contribution in [0.15, 0.2) is 66.9 Å². The Morgan fingerprint density at radius 3 is 2.30 bits per heavy atom. The van der Waals surface area contributed by atoms with E-state index in [-0.39, 0.29) is 17.9 Å². The van der Waals surface area contributed by atoms with Crippen LogP contribution in [0, 0.1) is 0 Å². The van der Waals surface area contributed by atoms with Gasteiger partial charge in [0.25, 0.3) is 0 Å². The Balaban J connectivity index is 1.90. The highest BCUT2D eigenvalue weighted by Gasteiger charge is 2.32. The van der Waals surface area contributed by atoms with Crippen molar-refractivity contribution in [3.63, 3.8) is 0 Å². The lowest BCUT2D eigenvalue weighted by Gasteiger charge is -2.12. The topological polar surface area (TPSA) is 59.4 Å². The average molecular weight is 373 g/mol. The number of halogens is 3. The fraction of sp³-hybridized carbons (Fsp3) is 0.100. The maximum absolute atomic E-state index is 12.6. The SMILES string of the molecule is O=C(O)c1ccc(-c2ccc(C(F)(F)F)nc2)cc1OCc1ccccc1. The highest BCUT2D eigenvalue weighted by molar-refractivity contribution is 5.92. The summed E-state index contributed by atoms with van der Waals surface area (Å²) in [5, 5.41) is 9.33. The van der Waals surface area contributed by atoms with E-state index in [4.69, 9.17) is 4.74 Å². The third-order valence-corrected chi connectivity index (χ3v) is 3.84. The van der Waals surface area contributed by atoms with Crippen molar-refractivity contribution in [2.45, 2.75) is 12.8 Å². The van der Waals surface area contributed by atoms with Crippen molar-refractivity contribution in [3.05, 3.63) is 83.7 Å². The van der Waals surface area contributed by atoms with Gasteiger partial charge in [0, 0.05) is 11.8 Å². The molecule has 0 spiro atoms. The Morgan fingerprint density at radius 2 is 1.70 bits per heavy atom. The number of hydrogen-bond donors (Lipinski definition) is 1. The number of carbonyl (C=O) groups is 1. The molecule has 1 aromatic heterocycles. The van der Waals surface area contributed by atoms with Crippen molar-refractivity contribution in [3.8, 4) is 16.9 Å². The first kappa shape index (κ1) is 18.4. The largest absolute Gasteiger partial charge is 0.488 e. The number of aromatic nitrogens is 1. The van der Waals surface area contributed by atoms with Crippen molar-refractivity contribution in [1.82, 2.24) is 4.98 Å². The summed E-state index contributed by atoms with van der Waals surface area (Å²) in [4.78, 5) is 14.8. The summed E-state index contributed by atoms with van der Waals surface area (Å²) < 4.78 is 43.6. The van der Waals surface area contributed by atoms with Crippen molar-refractivity contribution in [2.24, 2.45) is 0 Å². The van der Waals surface area contributed by atoms with Crippen LogP contribution in [0.3, 0.4) is 0 Å². The number of ether oxygens (including phenoxy) is 1. The first-order valence-corrected chi connectivity index (χ1v) is 7.92. The van der Waals surface area contributed by atoms with Gasteiger partial charge in [0.1, 0.15) is 23.6 Å². The highest BCUT2D eigenvalue weighted by atomic mass is 19.4. The lowest BCUT2D eigenvalue weighted by atomic mass is 10.0. The normalized spacial score (nSPS) is 11.2. The Hall–Kier alpha value is -3.35. The molecular formula is C20H14F3NO3. The molecular weight excluding hydrogens is 359 g/mol. The summed E-state index contributed by atoms with van der Waals surface area (Å²) in [7, 11) is 0. The Kier molecular flexibility index (Phi) is 5.12. The average Bonchev–Trinajstić information content (AvgIpc) is 2.66. The van der Waals surface area contributed by atoms with Crippen LogP contribution in [0.1, 0.15) is 21.6 Å². The lowest BCUT2D eigenvalue weighted by molar-refractivity contribution is -0.141. The van der Waals surface area contributed by atoms with Crippen LogP contribution in [0.25, 0.3) is 11.1 Å². The van der Waals surface area contributed by atoms with Crippen LogP contribution >= 0.6 is 0 Å². The van der Waals surface area contributed by atoms with E-state index in [0.29, 0.717) is 11.1 Å². The fourth-order valence-electron chi connectivity index (χ4n) is 2.47. The molecule has 138 valence electrons. The van der Waals surface area contributed by atoms with Gasteiger partial charge in [0.05, 0.1) is 0 Å². The summed E-state index contributed by atoms with van der Waals surface area (Å²) in [6.45, 7) is 0.163. The number of aromatic carboxylic acids is 1. The van der Waals surface area contributed by atoms with E-state index in [9.17, 15) is 23.1 Å². The molecule has 2 aromatic carbocycles. The maximum atomic E-state index is 12.6. The number of rotatable bonds is 5. The number of pyridine rings is 1. The fourth-order valence-corrected chi connectivity index (χ4v) is 2.47. The third-order valence-electron chi connectivity index (χ3n) is 3.84. The van der Waals surface area contributed by atoms with Crippen LogP contribution in [-0.2, 0) is 12.8 Å². The molecule has 0 saturated carbocycles. The van der Waals surface area contributed by atoms with Gasteiger partial charge in [-0.2, -0.15) is 13.2 Å². The smallest absolute Gasteiger partial charge is 0.433 e.